The fourth-order valence-electron chi connectivity index (χ4n) is 5.08. The predicted octanol–water partition coefficient (Wildman–Crippen LogP) is 6.61. The third kappa shape index (κ3) is 3.25. The highest BCUT2D eigenvalue weighted by Crippen LogP contribution is 2.59. The first-order chi connectivity index (χ1) is 16.3. The second-order valence-corrected chi connectivity index (χ2v) is 9.71. The van der Waals surface area contributed by atoms with E-state index in [0.717, 1.165) is 22.6 Å². The van der Waals surface area contributed by atoms with Crippen molar-refractivity contribution < 1.29 is 9.53 Å². The average Bonchev–Trinajstić information content (AvgIpc) is 3.02. The van der Waals surface area contributed by atoms with E-state index in [4.69, 9.17) is 4.74 Å². The summed E-state index contributed by atoms with van der Waals surface area (Å²) in [6.45, 7) is 0. The van der Waals surface area contributed by atoms with E-state index in [2.05, 4.69) is 48.5 Å². The van der Waals surface area contributed by atoms with E-state index in [1.807, 2.05) is 83.4 Å². The highest BCUT2D eigenvalue weighted by molar-refractivity contribution is 7.99. The third-order valence-electron chi connectivity index (χ3n) is 6.59. The zero-order valence-electron chi connectivity index (χ0n) is 18.0. The van der Waals surface area contributed by atoms with Crippen molar-refractivity contribution in [3.05, 3.63) is 126 Å². The highest BCUT2D eigenvalue weighted by atomic mass is 32.2. The average molecular weight is 450 g/mol. The van der Waals surface area contributed by atoms with Gasteiger partial charge in [0.1, 0.15) is 11.3 Å². The molecular weight excluding hydrogens is 426 g/mol. The Bertz CT molecular complexity index is 1280. The Balaban J connectivity index is 1.55. The minimum Gasteiger partial charge on any atom is -0.478 e. The maximum Gasteiger partial charge on any atom is 0.271 e. The quantitative estimate of drug-likeness (QED) is 0.328. The van der Waals surface area contributed by atoms with Crippen LogP contribution in [-0.2, 0) is 10.3 Å². The molecule has 1 fully saturated rings. The van der Waals surface area contributed by atoms with Crippen LogP contribution in [0.2, 0.25) is 0 Å². The summed E-state index contributed by atoms with van der Waals surface area (Å²) < 4.78 is 6.44. The molecule has 162 valence electrons. The van der Waals surface area contributed by atoms with Crippen LogP contribution in [0.15, 0.2) is 120 Å². The molecule has 6 rings (SSSR count). The topological polar surface area (TPSA) is 29.5 Å². The fourth-order valence-corrected chi connectivity index (χ4v) is 6.46. The van der Waals surface area contributed by atoms with Gasteiger partial charge in [-0.15, -0.1) is 11.8 Å². The molecular formula is C29H23NO2S. The summed E-state index contributed by atoms with van der Waals surface area (Å²) in [5, 5.41) is 0.174. The van der Waals surface area contributed by atoms with Gasteiger partial charge in [0.15, 0.2) is 0 Å². The number of benzene rings is 4. The molecule has 3 atom stereocenters. The van der Waals surface area contributed by atoms with E-state index >= 15 is 0 Å². The molecule has 1 saturated heterocycles. The van der Waals surface area contributed by atoms with Gasteiger partial charge in [0.05, 0.1) is 5.69 Å². The lowest BCUT2D eigenvalue weighted by Crippen LogP contribution is -2.74. The molecule has 0 radical (unpaired) electrons. The Morgan fingerprint density at radius 1 is 0.758 bits per heavy atom. The van der Waals surface area contributed by atoms with E-state index in [0.29, 0.717) is 5.75 Å². The first-order valence-electron chi connectivity index (χ1n) is 11.2. The maximum atomic E-state index is 13.7. The minimum atomic E-state index is -0.603. The summed E-state index contributed by atoms with van der Waals surface area (Å²) in [4.78, 5) is 16.8. The number of thioether (sulfide) groups is 1. The van der Waals surface area contributed by atoms with E-state index in [1.54, 1.807) is 0 Å². The number of rotatable bonds is 4. The molecule has 4 aromatic rings. The summed E-state index contributed by atoms with van der Waals surface area (Å²) in [6.07, 6.45) is 0.157. The molecule has 1 amide bonds. The van der Waals surface area contributed by atoms with Crippen LogP contribution in [0.4, 0.5) is 5.69 Å². The normalized spacial score (nSPS) is 23.6. The van der Waals surface area contributed by atoms with Crippen molar-refractivity contribution in [1.82, 2.24) is 0 Å². The number of nitrogens with zero attached hydrogens (tertiary/aromatic N) is 1. The van der Waals surface area contributed by atoms with Gasteiger partial charge >= 0.3 is 0 Å². The molecule has 0 bridgehead atoms. The van der Waals surface area contributed by atoms with Gasteiger partial charge < -0.3 is 4.74 Å². The smallest absolute Gasteiger partial charge is 0.271 e. The van der Waals surface area contributed by atoms with Crippen molar-refractivity contribution in [2.75, 3.05) is 4.90 Å². The van der Waals surface area contributed by atoms with Gasteiger partial charge in [0.2, 0.25) is 6.10 Å². The van der Waals surface area contributed by atoms with Crippen LogP contribution in [0, 0.1) is 0 Å². The summed E-state index contributed by atoms with van der Waals surface area (Å²) in [7, 11) is 0. The lowest BCUT2D eigenvalue weighted by molar-refractivity contribution is -0.142. The predicted molar refractivity (Wildman–Crippen MR) is 133 cm³/mol. The van der Waals surface area contributed by atoms with Crippen LogP contribution in [0.25, 0.3) is 0 Å². The van der Waals surface area contributed by atoms with Crippen molar-refractivity contribution in [1.29, 1.82) is 0 Å². The summed E-state index contributed by atoms with van der Waals surface area (Å²) in [5.74, 6) is 0.719. The lowest BCUT2D eigenvalue weighted by Gasteiger charge is -2.57. The van der Waals surface area contributed by atoms with E-state index in [9.17, 15) is 4.79 Å². The van der Waals surface area contributed by atoms with Crippen molar-refractivity contribution >= 4 is 23.4 Å². The van der Waals surface area contributed by atoms with Gasteiger partial charge in [-0.25, -0.2) is 0 Å². The van der Waals surface area contributed by atoms with E-state index < -0.39 is 11.6 Å². The van der Waals surface area contributed by atoms with Crippen LogP contribution < -0.4 is 9.64 Å². The number of β-lactam (4-membered cyclic amide) rings is 1. The van der Waals surface area contributed by atoms with Crippen LogP contribution in [-0.4, -0.2) is 12.0 Å². The van der Waals surface area contributed by atoms with Crippen molar-refractivity contribution in [3.63, 3.8) is 0 Å². The number of carbonyl (C=O) groups excluding carboxylic acids is 1. The molecule has 33 heavy (non-hydrogen) atoms. The van der Waals surface area contributed by atoms with Gasteiger partial charge in [-0.1, -0.05) is 91.0 Å². The second kappa shape index (κ2) is 8.13. The number of para-hydroxylation sites is 2. The number of carbonyl (C=O) groups is 1. The standard InChI is InChI=1S/C29H23NO2S/c31-28-27(32-23-16-8-3-9-17-23)29(22-14-6-2-7-15-22)20-26(21-12-4-1-5-13-21)33-25-19-11-10-18-24(25)30(28)29/h1-19,26-27H,20H2. The van der Waals surface area contributed by atoms with E-state index in [-0.39, 0.29) is 11.2 Å². The number of ether oxygens (including phenoxy) is 1. The number of amides is 1. The summed E-state index contributed by atoms with van der Waals surface area (Å²) in [6, 6.07) is 38.9. The molecule has 2 aliphatic rings. The Morgan fingerprint density at radius 3 is 2.09 bits per heavy atom. The van der Waals surface area contributed by atoms with E-state index in [1.165, 1.54) is 5.56 Å². The largest absolute Gasteiger partial charge is 0.478 e. The minimum absolute atomic E-state index is 0.00414. The monoisotopic (exact) mass is 449 g/mol. The first kappa shape index (κ1) is 20.1. The van der Waals surface area contributed by atoms with Gasteiger partial charge in [-0.2, -0.15) is 0 Å². The number of hydrogen-bond donors (Lipinski definition) is 0. The van der Waals surface area contributed by atoms with Gasteiger partial charge in [-0.3, -0.25) is 9.69 Å². The molecule has 0 N–H and O–H groups in total. The molecule has 2 heterocycles. The molecule has 2 aliphatic heterocycles. The van der Waals surface area contributed by atoms with Crippen LogP contribution in [0.1, 0.15) is 22.8 Å². The number of fused-ring (bicyclic) bond motifs is 3. The van der Waals surface area contributed by atoms with Gasteiger partial charge in [-0.05, 0) is 41.8 Å². The lowest BCUT2D eigenvalue weighted by atomic mass is 9.70. The third-order valence-corrected chi connectivity index (χ3v) is 7.91. The number of anilines is 1. The molecule has 4 heteroatoms. The SMILES string of the molecule is O=C1C(Oc2ccccc2)C2(c3ccccc3)CC(c3ccccc3)Sc3ccccc3N12. The zero-order valence-corrected chi connectivity index (χ0v) is 18.8. The van der Waals surface area contributed by atoms with Gasteiger partial charge in [0, 0.05) is 10.1 Å². The summed E-state index contributed by atoms with van der Waals surface area (Å²) >= 11 is 1.83. The summed E-state index contributed by atoms with van der Waals surface area (Å²) in [5.41, 5.74) is 2.72. The maximum absolute atomic E-state index is 13.7. The Kier molecular flexibility index (Phi) is 4.96. The molecule has 0 saturated carbocycles. The zero-order chi connectivity index (χ0) is 22.3. The highest BCUT2D eigenvalue weighted by Gasteiger charge is 2.65. The van der Waals surface area contributed by atoms with Crippen LogP contribution >= 0.6 is 11.8 Å². The Labute approximate surface area is 198 Å². The molecule has 3 nitrogen and oxygen atoms in total. The second-order valence-electron chi connectivity index (χ2n) is 8.46. The number of hydrogen-bond acceptors (Lipinski definition) is 3. The van der Waals surface area contributed by atoms with Gasteiger partial charge in [0.25, 0.3) is 5.91 Å². The van der Waals surface area contributed by atoms with Crippen LogP contribution in [0.3, 0.4) is 0 Å². The Hall–Kier alpha value is -3.50. The molecule has 0 aromatic heterocycles. The van der Waals surface area contributed by atoms with Crippen molar-refractivity contribution in [3.8, 4) is 5.75 Å². The molecule has 0 spiro atoms. The molecule has 4 aromatic carbocycles. The van der Waals surface area contributed by atoms with Crippen LogP contribution in [0.5, 0.6) is 5.75 Å². The fraction of sp³-hybridized carbons (Fsp3) is 0.138. The molecule has 0 aliphatic carbocycles. The van der Waals surface area contributed by atoms with Crippen molar-refractivity contribution in [2.45, 2.75) is 28.2 Å². The Morgan fingerprint density at radius 2 is 1.36 bits per heavy atom. The first-order valence-corrected chi connectivity index (χ1v) is 12.1. The van der Waals surface area contributed by atoms with Crippen molar-refractivity contribution in [2.24, 2.45) is 0 Å². The molecule has 3 unspecified atom stereocenters.